The lowest BCUT2D eigenvalue weighted by molar-refractivity contribution is 0.257. The number of hydrogen-bond acceptors (Lipinski definition) is 3. The molecule has 2 unspecified atom stereocenters. The van der Waals surface area contributed by atoms with E-state index in [-0.39, 0.29) is 0 Å². The lowest BCUT2D eigenvalue weighted by Gasteiger charge is -2.32. The molecule has 0 amide bonds. The van der Waals surface area contributed by atoms with Crippen LogP contribution in [0.1, 0.15) is 46.0 Å². The predicted molar refractivity (Wildman–Crippen MR) is 86.3 cm³/mol. The molecule has 1 aliphatic carbocycles. The largest absolute Gasteiger partial charge is 0.316 e. The summed E-state index contributed by atoms with van der Waals surface area (Å²) in [5.41, 5.74) is 0. The smallest absolute Gasteiger partial charge is 0.279 e. The van der Waals surface area contributed by atoms with Gasteiger partial charge in [-0.15, -0.1) is 0 Å². The Balaban J connectivity index is 1.77. The van der Waals surface area contributed by atoms with Gasteiger partial charge in [0.25, 0.3) is 10.2 Å². The minimum atomic E-state index is -3.29. The molecule has 2 fully saturated rings. The van der Waals surface area contributed by atoms with E-state index in [1.54, 1.807) is 4.31 Å². The van der Waals surface area contributed by atoms with Gasteiger partial charge in [0.05, 0.1) is 0 Å². The Bertz CT molecular complexity index is 409. The van der Waals surface area contributed by atoms with E-state index in [0.29, 0.717) is 31.5 Å². The van der Waals surface area contributed by atoms with Crippen LogP contribution in [0.4, 0.5) is 0 Å². The normalized spacial score (nSPS) is 25.9. The van der Waals surface area contributed by atoms with Crippen molar-refractivity contribution in [2.45, 2.75) is 46.0 Å². The maximum Gasteiger partial charge on any atom is 0.279 e. The van der Waals surface area contributed by atoms with E-state index < -0.39 is 10.2 Å². The first kappa shape index (κ1) is 17.2. The van der Waals surface area contributed by atoms with E-state index in [9.17, 15) is 8.42 Å². The molecule has 1 saturated heterocycles. The third kappa shape index (κ3) is 5.51. The van der Waals surface area contributed by atoms with E-state index in [2.05, 4.69) is 23.9 Å². The van der Waals surface area contributed by atoms with Crippen molar-refractivity contribution < 1.29 is 8.42 Å². The van der Waals surface area contributed by atoms with Crippen molar-refractivity contribution >= 4 is 10.2 Å². The third-order valence-corrected chi connectivity index (χ3v) is 6.24. The minimum Gasteiger partial charge on any atom is -0.316 e. The highest BCUT2D eigenvalue weighted by atomic mass is 32.2. The van der Waals surface area contributed by atoms with E-state index in [0.717, 1.165) is 38.3 Å². The average molecular weight is 317 g/mol. The van der Waals surface area contributed by atoms with Gasteiger partial charge >= 0.3 is 0 Å². The zero-order valence-electron chi connectivity index (χ0n) is 13.5. The Hall–Kier alpha value is -0.170. The second-order valence-corrected chi connectivity index (χ2v) is 8.49. The quantitative estimate of drug-likeness (QED) is 0.635. The summed E-state index contributed by atoms with van der Waals surface area (Å²) in [6, 6.07) is 0. The summed E-state index contributed by atoms with van der Waals surface area (Å²) in [5, 5.41) is 3.41. The molecule has 1 saturated carbocycles. The van der Waals surface area contributed by atoms with Gasteiger partial charge < -0.3 is 5.32 Å². The highest BCUT2D eigenvalue weighted by Crippen LogP contribution is 2.36. The molecular formula is C15H31N3O2S. The van der Waals surface area contributed by atoms with Gasteiger partial charge in [0, 0.05) is 19.6 Å². The molecule has 2 aliphatic rings. The Morgan fingerprint density at radius 2 is 2.05 bits per heavy atom. The summed E-state index contributed by atoms with van der Waals surface area (Å²) in [6.07, 6.45) is 5.74. The number of hydrogen-bond donors (Lipinski definition) is 2. The molecule has 0 radical (unpaired) electrons. The molecule has 0 aromatic heterocycles. The zero-order valence-corrected chi connectivity index (χ0v) is 14.3. The molecule has 5 nitrogen and oxygen atoms in total. The van der Waals surface area contributed by atoms with Gasteiger partial charge in [-0.05, 0) is 62.9 Å². The van der Waals surface area contributed by atoms with Crippen LogP contribution < -0.4 is 10.0 Å². The van der Waals surface area contributed by atoms with Crippen molar-refractivity contribution in [1.29, 1.82) is 0 Å². The second kappa shape index (κ2) is 7.90. The average Bonchev–Trinajstić information content (AvgIpc) is 3.30. The molecule has 0 spiro atoms. The number of rotatable bonds is 9. The fourth-order valence-electron chi connectivity index (χ4n) is 3.05. The van der Waals surface area contributed by atoms with Gasteiger partial charge in [-0.25, -0.2) is 4.72 Å². The lowest BCUT2D eigenvalue weighted by Crippen LogP contribution is -2.48. The Morgan fingerprint density at radius 3 is 2.71 bits per heavy atom. The monoisotopic (exact) mass is 317 g/mol. The maximum atomic E-state index is 12.4. The standard InChI is InChI=1S/C15H31N3O2S/c1-3-8-16-11-14-5-4-9-18(12-14)21(19,20)17-10-13(2)15-6-7-15/h13-17H,3-12H2,1-2H3. The molecule has 2 rings (SSSR count). The van der Waals surface area contributed by atoms with Crippen LogP contribution in [0, 0.1) is 17.8 Å². The first-order valence-corrected chi connectivity index (χ1v) is 9.92. The SMILES string of the molecule is CCCNCC1CCCN(S(=O)(=O)NCC(C)C2CC2)C1. The fourth-order valence-corrected chi connectivity index (χ4v) is 4.49. The van der Waals surface area contributed by atoms with Crippen LogP contribution in [0.15, 0.2) is 0 Å². The zero-order chi connectivity index (χ0) is 15.3. The molecule has 0 bridgehead atoms. The molecule has 6 heteroatoms. The third-order valence-electron chi connectivity index (χ3n) is 4.70. The van der Waals surface area contributed by atoms with Gasteiger partial charge in [-0.2, -0.15) is 12.7 Å². The Labute approximate surface area is 130 Å². The van der Waals surface area contributed by atoms with Gasteiger partial charge in [0.1, 0.15) is 0 Å². The molecule has 2 N–H and O–H groups in total. The molecule has 0 aromatic carbocycles. The summed E-state index contributed by atoms with van der Waals surface area (Å²) in [5.74, 6) is 1.65. The van der Waals surface area contributed by atoms with Gasteiger partial charge in [-0.3, -0.25) is 0 Å². The minimum absolute atomic E-state index is 0.447. The number of nitrogens with zero attached hydrogens (tertiary/aromatic N) is 1. The van der Waals surface area contributed by atoms with Crippen LogP contribution in [0.3, 0.4) is 0 Å². The summed E-state index contributed by atoms with van der Waals surface area (Å²) in [4.78, 5) is 0. The predicted octanol–water partition coefficient (Wildman–Crippen LogP) is 1.58. The van der Waals surface area contributed by atoms with Gasteiger partial charge in [-0.1, -0.05) is 13.8 Å². The number of piperidine rings is 1. The molecule has 124 valence electrons. The van der Waals surface area contributed by atoms with Crippen LogP contribution in [0.5, 0.6) is 0 Å². The van der Waals surface area contributed by atoms with Crippen LogP contribution in [-0.2, 0) is 10.2 Å². The van der Waals surface area contributed by atoms with E-state index in [4.69, 9.17) is 0 Å². The topological polar surface area (TPSA) is 61.4 Å². The molecule has 21 heavy (non-hydrogen) atoms. The lowest BCUT2D eigenvalue weighted by atomic mass is 10.00. The van der Waals surface area contributed by atoms with Crippen LogP contribution in [0.25, 0.3) is 0 Å². The summed E-state index contributed by atoms with van der Waals surface area (Å²) in [6.45, 7) is 8.14. The van der Waals surface area contributed by atoms with Gasteiger partial charge in [0.15, 0.2) is 0 Å². The first-order valence-electron chi connectivity index (χ1n) is 8.48. The van der Waals surface area contributed by atoms with E-state index in [1.807, 2.05) is 0 Å². The molecular weight excluding hydrogens is 286 g/mol. The molecule has 1 aliphatic heterocycles. The van der Waals surface area contributed by atoms with Crippen molar-refractivity contribution in [3.05, 3.63) is 0 Å². The van der Waals surface area contributed by atoms with Crippen LogP contribution >= 0.6 is 0 Å². The van der Waals surface area contributed by atoms with Crippen molar-refractivity contribution in [2.24, 2.45) is 17.8 Å². The Morgan fingerprint density at radius 1 is 1.29 bits per heavy atom. The highest BCUT2D eigenvalue weighted by molar-refractivity contribution is 7.87. The van der Waals surface area contributed by atoms with E-state index >= 15 is 0 Å². The van der Waals surface area contributed by atoms with Crippen LogP contribution in [0.2, 0.25) is 0 Å². The molecule has 0 aromatic rings. The maximum absolute atomic E-state index is 12.4. The van der Waals surface area contributed by atoms with Crippen molar-refractivity contribution in [3.63, 3.8) is 0 Å². The first-order chi connectivity index (χ1) is 10.0. The highest BCUT2D eigenvalue weighted by Gasteiger charge is 2.31. The summed E-state index contributed by atoms with van der Waals surface area (Å²) in [7, 11) is -3.29. The molecule has 1 heterocycles. The molecule has 2 atom stereocenters. The fraction of sp³-hybridized carbons (Fsp3) is 1.00. The van der Waals surface area contributed by atoms with Gasteiger partial charge in [0.2, 0.25) is 0 Å². The van der Waals surface area contributed by atoms with Crippen molar-refractivity contribution in [2.75, 3.05) is 32.7 Å². The summed E-state index contributed by atoms with van der Waals surface area (Å²) >= 11 is 0. The van der Waals surface area contributed by atoms with Crippen molar-refractivity contribution in [3.8, 4) is 0 Å². The Kier molecular flexibility index (Phi) is 6.47. The van der Waals surface area contributed by atoms with E-state index in [1.165, 1.54) is 12.8 Å². The van der Waals surface area contributed by atoms with Crippen LogP contribution in [-0.4, -0.2) is 45.4 Å². The number of nitrogens with one attached hydrogen (secondary N) is 2. The second-order valence-electron chi connectivity index (χ2n) is 6.74. The van der Waals surface area contributed by atoms with Crippen molar-refractivity contribution in [1.82, 2.24) is 14.3 Å². The summed E-state index contributed by atoms with van der Waals surface area (Å²) < 4.78 is 29.3.